The molecule has 1 fully saturated rings. The summed E-state index contributed by atoms with van der Waals surface area (Å²) in [6.45, 7) is 3.77. The van der Waals surface area contributed by atoms with Crippen LogP contribution in [0.5, 0.6) is 0 Å². The van der Waals surface area contributed by atoms with Crippen LogP contribution in [-0.4, -0.2) is 42.4 Å². The van der Waals surface area contributed by atoms with Gasteiger partial charge in [-0.3, -0.25) is 14.9 Å². The topological polar surface area (TPSA) is 71.0 Å². The van der Waals surface area contributed by atoms with Gasteiger partial charge in [-0.15, -0.1) is 11.3 Å². The molecule has 124 valence electrons. The molecule has 3 rings (SSSR count). The average molecular weight is 335 g/mol. The van der Waals surface area contributed by atoms with E-state index < -0.39 is 17.9 Å². The van der Waals surface area contributed by atoms with Crippen molar-refractivity contribution in [3.05, 3.63) is 22.4 Å². The van der Waals surface area contributed by atoms with E-state index in [1.807, 2.05) is 17.5 Å². The number of guanidine groups is 1. The second-order valence-electron chi connectivity index (χ2n) is 5.68. The minimum Gasteiger partial charge on any atom is -0.465 e. The number of carbonyl (C=O) groups excluding carboxylic acids is 2. The van der Waals surface area contributed by atoms with Gasteiger partial charge >= 0.3 is 5.97 Å². The van der Waals surface area contributed by atoms with Crippen LogP contribution in [0.3, 0.4) is 0 Å². The Hall–Kier alpha value is -1.89. The van der Waals surface area contributed by atoms with Crippen molar-refractivity contribution in [1.29, 1.82) is 0 Å². The Morgan fingerprint density at radius 1 is 1.43 bits per heavy atom. The van der Waals surface area contributed by atoms with Gasteiger partial charge in [0.2, 0.25) is 11.9 Å². The molecule has 0 aliphatic carbocycles. The van der Waals surface area contributed by atoms with E-state index in [1.165, 1.54) is 17.8 Å². The lowest BCUT2D eigenvalue weighted by atomic mass is 9.96. The van der Waals surface area contributed by atoms with Crippen molar-refractivity contribution in [1.82, 2.24) is 10.2 Å². The molecule has 0 radical (unpaired) electrons. The smallest absolute Gasteiger partial charge is 0.321 e. The first kappa shape index (κ1) is 16.0. The lowest BCUT2D eigenvalue weighted by molar-refractivity contribution is -0.153. The molecule has 1 aromatic heterocycles. The Balaban J connectivity index is 1.91. The van der Waals surface area contributed by atoms with Crippen LogP contribution in [0.1, 0.15) is 37.1 Å². The second-order valence-corrected chi connectivity index (χ2v) is 6.66. The van der Waals surface area contributed by atoms with Gasteiger partial charge in [-0.25, -0.2) is 4.99 Å². The fourth-order valence-corrected chi connectivity index (χ4v) is 3.79. The Morgan fingerprint density at radius 2 is 2.22 bits per heavy atom. The van der Waals surface area contributed by atoms with Gasteiger partial charge in [0.25, 0.3) is 0 Å². The first-order chi connectivity index (χ1) is 11.2. The number of likely N-dealkylation sites (tertiary alicyclic amines) is 1. The maximum atomic E-state index is 12.6. The lowest BCUT2D eigenvalue weighted by Gasteiger charge is -2.34. The van der Waals surface area contributed by atoms with Crippen LogP contribution in [0, 0.1) is 5.92 Å². The molecule has 0 aromatic carbocycles. The fourth-order valence-electron chi connectivity index (χ4n) is 2.99. The Labute approximate surface area is 139 Å². The highest BCUT2D eigenvalue weighted by molar-refractivity contribution is 7.10. The van der Waals surface area contributed by atoms with Gasteiger partial charge in [0.05, 0.1) is 6.61 Å². The number of aliphatic imine (C=N–C) groups is 1. The first-order valence-electron chi connectivity index (χ1n) is 8.04. The number of esters is 1. The van der Waals surface area contributed by atoms with E-state index in [4.69, 9.17) is 9.73 Å². The van der Waals surface area contributed by atoms with Crippen LogP contribution in [0.25, 0.3) is 0 Å². The molecule has 0 spiro atoms. The number of piperidine rings is 1. The molecule has 1 saturated heterocycles. The second kappa shape index (κ2) is 7.12. The summed E-state index contributed by atoms with van der Waals surface area (Å²) in [5.41, 5.74) is 0. The summed E-state index contributed by atoms with van der Waals surface area (Å²) in [4.78, 5) is 32.5. The maximum absolute atomic E-state index is 12.6. The Morgan fingerprint density at radius 3 is 2.87 bits per heavy atom. The molecule has 2 unspecified atom stereocenters. The zero-order valence-corrected chi connectivity index (χ0v) is 14.0. The van der Waals surface area contributed by atoms with E-state index in [0.717, 1.165) is 30.8 Å². The molecule has 3 heterocycles. The van der Waals surface area contributed by atoms with Crippen LogP contribution < -0.4 is 5.32 Å². The van der Waals surface area contributed by atoms with Crippen molar-refractivity contribution in [3.8, 4) is 0 Å². The molecule has 1 amide bonds. The number of hydrogen-bond acceptors (Lipinski definition) is 6. The first-order valence-corrected chi connectivity index (χ1v) is 8.92. The molecule has 23 heavy (non-hydrogen) atoms. The maximum Gasteiger partial charge on any atom is 0.321 e. The molecule has 7 heteroatoms. The van der Waals surface area contributed by atoms with Crippen LogP contribution in [0.4, 0.5) is 0 Å². The van der Waals surface area contributed by atoms with E-state index in [-0.39, 0.29) is 12.5 Å². The SMILES string of the molecule is CCOC(=O)C1C(=O)NC(N2CCCCC2)=NC1c1cccs1. The van der Waals surface area contributed by atoms with E-state index in [2.05, 4.69) is 10.2 Å². The largest absolute Gasteiger partial charge is 0.465 e. The van der Waals surface area contributed by atoms with Gasteiger partial charge in [0.15, 0.2) is 5.92 Å². The van der Waals surface area contributed by atoms with Gasteiger partial charge in [-0.2, -0.15) is 0 Å². The zero-order chi connectivity index (χ0) is 16.2. The highest BCUT2D eigenvalue weighted by atomic mass is 32.1. The van der Waals surface area contributed by atoms with Crippen molar-refractivity contribution in [3.63, 3.8) is 0 Å². The Bertz CT molecular complexity index is 594. The third kappa shape index (κ3) is 3.39. The highest BCUT2D eigenvalue weighted by Gasteiger charge is 2.42. The molecule has 0 bridgehead atoms. The summed E-state index contributed by atoms with van der Waals surface area (Å²) in [5, 5.41) is 4.74. The Kier molecular flexibility index (Phi) is 4.95. The van der Waals surface area contributed by atoms with Crippen molar-refractivity contribution in [2.75, 3.05) is 19.7 Å². The molecule has 2 aliphatic heterocycles. The standard InChI is InChI=1S/C16H21N3O3S/c1-2-22-15(21)12-13(11-7-6-10-23-11)17-16(18-14(12)20)19-8-4-3-5-9-19/h6-7,10,12-13H,2-5,8-9H2,1H3,(H,17,18,20). The van der Waals surface area contributed by atoms with E-state index in [0.29, 0.717) is 5.96 Å². The number of amides is 1. The van der Waals surface area contributed by atoms with Gasteiger partial charge in [-0.1, -0.05) is 6.07 Å². The number of thiophene rings is 1. The molecule has 2 aliphatic rings. The molecular weight excluding hydrogens is 314 g/mol. The third-order valence-electron chi connectivity index (χ3n) is 4.13. The lowest BCUT2D eigenvalue weighted by Crippen LogP contribution is -2.53. The monoisotopic (exact) mass is 335 g/mol. The van der Waals surface area contributed by atoms with Crippen LogP contribution in [0.15, 0.2) is 22.5 Å². The predicted molar refractivity (Wildman–Crippen MR) is 88.2 cm³/mol. The predicted octanol–water partition coefficient (Wildman–Crippen LogP) is 1.94. The highest BCUT2D eigenvalue weighted by Crippen LogP contribution is 2.33. The number of nitrogens with zero attached hydrogens (tertiary/aromatic N) is 2. The number of carbonyl (C=O) groups is 2. The summed E-state index contributed by atoms with van der Waals surface area (Å²) in [6, 6.07) is 3.32. The van der Waals surface area contributed by atoms with Gasteiger partial charge in [0.1, 0.15) is 6.04 Å². The number of nitrogens with one attached hydrogen (secondary N) is 1. The van der Waals surface area contributed by atoms with Gasteiger partial charge < -0.3 is 9.64 Å². The minimum atomic E-state index is -0.915. The fraction of sp³-hybridized carbons (Fsp3) is 0.562. The van der Waals surface area contributed by atoms with E-state index >= 15 is 0 Å². The van der Waals surface area contributed by atoms with Crippen molar-refractivity contribution in [2.45, 2.75) is 32.2 Å². The number of ether oxygens (including phenoxy) is 1. The third-order valence-corrected chi connectivity index (χ3v) is 5.07. The summed E-state index contributed by atoms with van der Waals surface area (Å²) in [5.74, 6) is -1.15. The van der Waals surface area contributed by atoms with Crippen molar-refractivity contribution in [2.24, 2.45) is 10.9 Å². The molecule has 1 aromatic rings. The van der Waals surface area contributed by atoms with Crippen molar-refractivity contribution < 1.29 is 14.3 Å². The minimum absolute atomic E-state index is 0.252. The molecule has 6 nitrogen and oxygen atoms in total. The summed E-state index contributed by atoms with van der Waals surface area (Å²) in [7, 11) is 0. The molecule has 0 saturated carbocycles. The van der Waals surface area contributed by atoms with Crippen LogP contribution >= 0.6 is 11.3 Å². The number of rotatable bonds is 3. The van der Waals surface area contributed by atoms with Gasteiger partial charge in [-0.05, 0) is 37.6 Å². The molecule has 1 N–H and O–H groups in total. The van der Waals surface area contributed by atoms with E-state index in [9.17, 15) is 9.59 Å². The molecule has 2 atom stereocenters. The van der Waals surface area contributed by atoms with Gasteiger partial charge in [0, 0.05) is 18.0 Å². The summed E-state index contributed by atoms with van der Waals surface area (Å²) < 4.78 is 5.08. The molecular formula is C16H21N3O3S. The van der Waals surface area contributed by atoms with Crippen LogP contribution in [0.2, 0.25) is 0 Å². The van der Waals surface area contributed by atoms with Crippen molar-refractivity contribution >= 4 is 29.2 Å². The van der Waals surface area contributed by atoms with E-state index in [1.54, 1.807) is 6.92 Å². The number of hydrogen-bond donors (Lipinski definition) is 1. The quantitative estimate of drug-likeness (QED) is 0.677. The summed E-state index contributed by atoms with van der Waals surface area (Å²) in [6.07, 6.45) is 3.40. The average Bonchev–Trinajstić information content (AvgIpc) is 3.09. The normalized spacial score (nSPS) is 24.8. The zero-order valence-electron chi connectivity index (χ0n) is 13.2. The summed E-state index contributed by atoms with van der Waals surface area (Å²) >= 11 is 1.51. The van der Waals surface area contributed by atoms with Crippen LogP contribution in [-0.2, 0) is 14.3 Å².